The topological polar surface area (TPSA) is 34.1 Å². The van der Waals surface area contributed by atoms with E-state index in [1.807, 2.05) is 54.8 Å². The summed E-state index contributed by atoms with van der Waals surface area (Å²) in [7, 11) is 0. The van der Waals surface area contributed by atoms with Crippen LogP contribution in [0.2, 0.25) is 0 Å². The highest BCUT2D eigenvalue weighted by atomic mass is 32.2. The van der Waals surface area contributed by atoms with Gasteiger partial charge in [0.15, 0.2) is 11.6 Å². The van der Waals surface area contributed by atoms with Gasteiger partial charge in [-0.25, -0.2) is 0 Å². The second kappa shape index (κ2) is 10.1. The Morgan fingerprint density at radius 1 is 0.690 bits per heavy atom. The molecule has 4 heteroatoms. The fourth-order valence-electron chi connectivity index (χ4n) is 2.64. The van der Waals surface area contributed by atoms with Crippen LogP contribution in [-0.2, 0) is 0 Å². The van der Waals surface area contributed by atoms with Gasteiger partial charge in [0.2, 0.25) is 0 Å². The minimum atomic E-state index is -0.108. The van der Waals surface area contributed by atoms with Crippen LogP contribution in [0.3, 0.4) is 0 Å². The first-order valence-electron chi connectivity index (χ1n) is 9.03. The highest BCUT2D eigenvalue weighted by Crippen LogP contribution is 2.16. The molecule has 0 N–H and O–H groups in total. The zero-order valence-electron chi connectivity index (χ0n) is 15.9. The van der Waals surface area contributed by atoms with Crippen LogP contribution < -0.4 is 0 Å². The van der Waals surface area contributed by atoms with Crippen LogP contribution in [0.25, 0.3) is 12.2 Å². The molecule has 3 aromatic carbocycles. The summed E-state index contributed by atoms with van der Waals surface area (Å²) in [5, 5.41) is 0. The molecule has 0 radical (unpaired) electrons. The van der Waals surface area contributed by atoms with Crippen LogP contribution in [0.5, 0.6) is 0 Å². The average molecular weight is 417 g/mol. The van der Waals surface area contributed by atoms with Crippen molar-refractivity contribution >= 4 is 48.1 Å². The largest absolute Gasteiger partial charge is 0.289 e. The summed E-state index contributed by atoms with van der Waals surface area (Å²) in [4.78, 5) is 26.7. The normalized spacial score (nSPS) is 11.2. The second-order valence-corrected chi connectivity index (χ2v) is 7.73. The molecule has 29 heavy (non-hydrogen) atoms. The van der Waals surface area contributed by atoms with Gasteiger partial charge in [-0.05, 0) is 53.8 Å². The Morgan fingerprint density at radius 2 is 1.10 bits per heavy atom. The molecule has 0 aliphatic carbocycles. The average Bonchev–Trinajstić information content (AvgIpc) is 2.77. The van der Waals surface area contributed by atoms with Crippen LogP contribution >= 0.6 is 24.4 Å². The van der Waals surface area contributed by atoms with Crippen molar-refractivity contribution in [3.05, 3.63) is 107 Å². The summed E-state index contributed by atoms with van der Waals surface area (Å²) in [5.41, 5.74) is 2.99. The number of hydrogen-bond donors (Lipinski definition) is 1. The van der Waals surface area contributed by atoms with Gasteiger partial charge >= 0.3 is 0 Å². The molecule has 0 atom stereocenters. The van der Waals surface area contributed by atoms with Crippen LogP contribution in [0.4, 0.5) is 0 Å². The van der Waals surface area contributed by atoms with Crippen molar-refractivity contribution in [2.45, 2.75) is 9.79 Å². The van der Waals surface area contributed by atoms with Crippen molar-refractivity contribution in [2.75, 3.05) is 6.26 Å². The number of carbonyl (C=O) groups is 2. The zero-order chi connectivity index (χ0) is 20.6. The molecule has 0 spiro atoms. The number of benzene rings is 3. The molecule has 2 nitrogen and oxygen atoms in total. The number of carbonyl (C=O) groups excluding carboxylic acids is 2. The van der Waals surface area contributed by atoms with E-state index in [1.165, 1.54) is 11.0 Å². The zero-order valence-corrected chi connectivity index (χ0v) is 17.6. The molecule has 0 amide bonds. The van der Waals surface area contributed by atoms with E-state index in [4.69, 9.17) is 0 Å². The van der Waals surface area contributed by atoms with Crippen LogP contribution in [0.1, 0.15) is 31.8 Å². The number of allylic oxidation sites excluding steroid dienone is 2. The van der Waals surface area contributed by atoms with Gasteiger partial charge < -0.3 is 0 Å². The predicted molar refractivity (Wildman–Crippen MR) is 125 cm³/mol. The lowest BCUT2D eigenvalue weighted by Crippen LogP contribution is -1.98. The van der Waals surface area contributed by atoms with Crippen LogP contribution in [-0.4, -0.2) is 17.8 Å². The minimum Gasteiger partial charge on any atom is -0.289 e. The van der Waals surface area contributed by atoms with E-state index in [-0.39, 0.29) is 11.6 Å². The first-order chi connectivity index (χ1) is 14.0. The summed E-state index contributed by atoms with van der Waals surface area (Å²) in [6.07, 6.45) is 8.67. The lowest BCUT2D eigenvalue weighted by molar-refractivity contribution is 0.103. The number of ketones is 2. The van der Waals surface area contributed by atoms with Crippen molar-refractivity contribution in [1.82, 2.24) is 0 Å². The second-order valence-electron chi connectivity index (χ2n) is 6.34. The molecule has 0 aliphatic rings. The van der Waals surface area contributed by atoms with Crippen LogP contribution in [0, 0.1) is 0 Å². The molecule has 3 rings (SSSR count). The lowest BCUT2D eigenvalue weighted by Gasteiger charge is -2.00. The third-order valence-electron chi connectivity index (χ3n) is 4.32. The third-order valence-corrected chi connectivity index (χ3v) is 5.36. The van der Waals surface area contributed by atoms with Gasteiger partial charge in [0.25, 0.3) is 0 Å². The van der Waals surface area contributed by atoms with E-state index in [0.717, 1.165) is 16.0 Å². The molecule has 0 heterocycles. The summed E-state index contributed by atoms with van der Waals surface area (Å²) < 4.78 is 0. The van der Waals surface area contributed by atoms with Crippen molar-refractivity contribution in [3.63, 3.8) is 0 Å². The lowest BCUT2D eigenvalue weighted by atomic mass is 10.0. The fraction of sp³-hybridized carbons (Fsp3) is 0.0400. The highest BCUT2D eigenvalue weighted by Gasteiger charge is 2.05. The van der Waals surface area contributed by atoms with Gasteiger partial charge in [-0.3, -0.25) is 9.59 Å². The first kappa shape index (κ1) is 20.9. The van der Waals surface area contributed by atoms with E-state index in [9.17, 15) is 9.59 Å². The molecule has 0 saturated heterocycles. The number of thiol groups is 1. The Kier molecular flexibility index (Phi) is 7.28. The maximum atomic E-state index is 12.4. The molecule has 0 aliphatic heterocycles. The third kappa shape index (κ3) is 6.08. The standard InChI is InChI=1S/C25H20O2S2/c1-29-23-14-4-19(5-15-23)7-17-25(27)21-10-8-20(9-11-21)24(26)16-6-18-2-12-22(28)13-3-18/h2-17,28H,1H3/b16-6+,17-7+. The maximum Gasteiger partial charge on any atom is 0.185 e. The van der Waals surface area contributed by atoms with E-state index in [1.54, 1.807) is 54.3 Å². The van der Waals surface area contributed by atoms with Crippen molar-refractivity contribution in [3.8, 4) is 0 Å². The molecule has 0 unspecified atom stereocenters. The molecule has 0 saturated carbocycles. The molecule has 0 bridgehead atoms. The Hall–Kier alpha value is -2.82. The molecule has 3 aromatic rings. The Bertz CT molecular complexity index is 1050. The smallest absolute Gasteiger partial charge is 0.185 e. The van der Waals surface area contributed by atoms with Crippen molar-refractivity contribution < 1.29 is 9.59 Å². The van der Waals surface area contributed by atoms with E-state index < -0.39 is 0 Å². The van der Waals surface area contributed by atoms with Crippen molar-refractivity contribution in [2.24, 2.45) is 0 Å². The van der Waals surface area contributed by atoms with E-state index in [2.05, 4.69) is 12.6 Å². The van der Waals surface area contributed by atoms with Gasteiger partial charge in [-0.1, -0.05) is 60.7 Å². The number of hydrogen-bond acceptors (Lipinski definition) is 4. The van der Waals surface area contributed by atoms with Gasteiger partial charge in [-0.15, -0.1) is 24.4 Å². The van der Waals surface area contributed by atoms with Crippen LogP contribution in [0.15, 0.2) is 94.7 Å². The number of thioether (sulfide) groups is 1. The van der Waals surface area contributed by atoms with Gasteiger partial charge in [0, 0.05) is 20.9 Å². The summed E-state index contributed by atoms with van der Waals surface area (Å²) in [6.45, 7) is 0. The van der Waals surface area contributed by atoms with E-state index >= 15 is 0 Å². The first-order valence-corrected chi connectivity index (χ1v) is 10.7. The molecule has 0 fully saturated rings. The Labute approximate surface area is 180 Å². The molecular weight excluding hydrogens is 396 g/mol. The summed E-state index contributed by atoms with van der Waals surface area (Å²) >= 11 is 5.92. The number of rotatable bonds is 7. The SMILES string of the molecule is CSc1ccc(/C=C/C(=O)c2ccc(C(=O)/C=C/c3ccc(S)cc3)cc2)cc1. The van der Waals surface area contributed by atoms with Gasteiger partial charge in [0.05, 0.1) is 0 Å². The minimum absolute atomic E-state index is 0.0969. The van der Waals surface area contributed by atoms with Crippen molar-refractivity contribution in [1.29, 1.82) is 0 Å². The predicted octanol–water partition coefficient (Wildman–Crippen LogP) is 6.49. The summed E-state index contributed by atoms with van der Waals surface area (Å²) in [5.74, 6) is -0.205. The Morgan fingerprint density at radius 3 is 1.52 bits per heavy atom. The summed E-state index contributed by atoms with van der Waals surface area (Å²) in [6, 6.07) is 22.3. The Balaban J connectivity index is 1.63. The maximum absolute atomic E-state index is 12.4. The quantitative estimate of drug-likeness (QED) is 0.207. The molecular formula is C25H20O2S2. The monoisotopic (exact) mass is 416 g/mol. The highest BCUT2D eigenvalue weighted by molar-refractivity contribution is 7.98. The van der Waals surface area contributed by atoms with Gasteiger partial charge in [0.1, 0.15) is 0 Å². The molecule has 144 valence electrons. The van der Waals surface area contributed by atoms with Gasteiger partial charge in [-0.2, -0.15) is 0 Å². The fourth-order valence-corrected chi connectivity index (χ4v) is 3.19. The molecule has 0 aromatic heterocycles. The van der Waals surface area contributed by atoms with E-state index in [0.29, 0.717) is 11.1 Å².